The standard InChI is InChI=1S/C17H25N3/c1-12-8-14(9-18-15-4-5-15)10-19-17(12)20(16-6-7-16)11-13-2-3-13/h8,10,13,15-16,18H,2-7,9,11H2,1H3. The Morgan fingerprint density at radius 2 is 2.00 bits per heavy atom. The molecular formula is C17H25N3. The van der Waals surface area contributed by atoms with Crippen LogP contribution in [-0.2, 0) is 6.54 Å². The average molecular weight is 271 g/mol. The third kappa shape index (κ3) is 2.98. The normalized spacial score (nSPS) is 22.1. The van der Waals surface area contributed by atoms with Crippen LogP contribution in [-0.4, -0.2) is 23.6 Å². The van der Waals surface area contributed by atoms with E-state index >= 15 is 0 Å². The van der Waals surface area contributed by atoms with E-state index < -0.39 is 0 Å². The molecule has 4 rings (SSSR count). The molecule has 1 N–H and O–H groups in total. The van der Waals surface area contributed by atoms with Crippen molar-refractivity contribution in [1.82, 2.24) is 10.3 Å². The van der Waals surface area contributed by atoms with Gasteiger partial charge in [0.25, 0.3) is 0 Å². The molecule has 1 aromatic heterocycles. The lowest BCUT2D eigenvalue weighted by Gasteiger charge is -2.25. The van der Waals surface area contributed by atoms with Gasteiger partial charge in [-0.15, -0.1) is 0 Å². The van der Waals surface area contributed by atoms with Crippen molar-refractivity contribution in [3.05, 3.63) is 23.4 Å². The number of rotatable bonds is 7. The highest BCUT2D eigenvalue weighted by molar-refractivity contribution is 5.49. The van der Waals surface area contributed by atoms with Crippen LogP contribution >= 0.6 is 0 Å². The first-order valence-corrected chi connectivity index (χ1v) is 8.25. The third-order valence-electron chi connectivity index (χ3n) is 4.69. The lowest BCUT2D eigenvalue weighted by atomic mass is 10.2. The molecule has 108 valence electrons. The summed E-state index contributed by atoms with van der Waals surface area (Å²) in [6.07, 6.45) is 10.3. The van der Waals surface area contributed by atoms with Crippen molar-refractivity contribution in [2.24, 2.45) is 5.92 Å². The van der Waals surface area contributed by atoms with Gasteiger partial charge in [-0.3, -0.25) is 0 Å². The van der Waals surface area contributed by atoms with Crippen LogP contribution in [0.1, 0.15) is 49.7 Å². The van der Waals surface area contributed by atoms with E-state index in [2.05, 4.69) is 29.4 Å². The van der Waals surface area contributed by atoms with E-state index in [4.69, 9.17) is 4.98 Å². The summed E-state index contributed by atoms with van der Waals surface area (Å²) in [6, 6.07) is 3.88. The predicted molar refractivity (Wildman–Crippen MR) is 81.9 cm³/mol. The smallest absolute Gasteiger partial charge is 0.131 e. The lowest BCUT2D eigenvalue weighted by Crippen LogP contribution is -2.29. The molecule has 3 aliphatic rings. The van der Waals surface area contributed by atoms with Gasteiger partial charge in [0.05, 0.1) is 0 Å². The summed E-state index contributed by atoms with van der Waals surface area (Å²) in [4.78, 5) is 7.39. The highest BCUT2D eigenvalue weighted by atomic mass is 15.2. The molecule has 0 bridgehead atoms. The SMILES string of the molecule is Cc1cc(CNC2CC2)cnc1N(CC1CC1)C1CC1. The summed E-state index contributed by atoms with van der Waals surface area (Å²) in [5.41, 5.74) is 2.69. The Hall–Kier alpha value is -1.09. The monoisotopic (exact) mass is 271 g/mol. The first-order chi connectivity index (χ1) is 9.79. The minimum Gasteiger partial charge on any atom is -0.353 e. The molecule has 0 unspecified atom stereocenters. The van der Waals surface area contributed by atoms with Crippen molar-refractivity contribution in [2.45, 2.75) is 64.1 Å². The van der Waals surface area contributed by atoms with Gasteiger partial charge in [-0.05, 0) is 68.6 Å². The largest absolute Gasteiger partial charge is 0.353 e. The Kier molecular flexibility index (Phi) is 3.18. The fraction of sp³-hybridized carbons (Fsp3) is 0.706. The third-order valence-corrected chi connectivity index (χ3v) is 4.69. The summed E-state index contributed by atoms with van der Waals surface area (Å²) in [5, 5.41) is 3.57. The Morgan fingerprint density at radius 3 is 2.60 bits per heavy atom. The van der Waals surface area contributed by atoms with E-state index in [0.29, 0.717) is 0 Å². The van der Waals surface area contributed by atoms with Gasteiger partial charge in [0.15, 0.2) is 0 Å². The van der Waals surface area contributed by atoms with Gasteiger partial charge >= 0.3 is 0 Å². The zero-order valence-corrected chi connectivity index (χ0v) is 12.4. The van der Waals surface area contributed by atoms with Crippen LogP contribution in [0.15, 0.2) is 12.3 Å². The number of aryl methyl sites for hydroxylation is 1. The number of nitrogens with one attached hydrogen (secondary N) is 1. The van der Waals surface area contributed by atoms with Crippen LogP contribution in [0.3, 0.4) is 0 Å². The Balaban J connectivity index is 1.47. The molecule has 1 aromatic rings. The van der Waals surface area contributed by atoms with Crippen molar-refractivity contribution < 1.29 is 0 Å². The van der Waals surface area contributed by atoms with E-state index in [9.17, 15) is 0 Å². The maximum absolute atomic E-state index is 4.80. The van der Waals surface area contributed by atoms with Gasteiger partial charge in [0.2, 0.25) is 0 Å². The van der Waals surface area contributed by atoms with E-state index in [1.165, 1.54) is 62.0 Å². The highest BCUT2D eigenvalue weighted by Gasteiger charge is 2.35. The van der Waals surface area contributed by atoms with Gasteiger partial charge in [0.1, 0.15) is 5.82 Å². The molecule has 3 aliphatic carbocycles. The van der Waals surface area contributed by atoms with E-state index in [0.717, 1.165) is 24.5 Å². The van der Waals surface area contributed by atoms with Gasteiger partial charge in [-0.25, -0.2) is 4.98 Å². The van der Waals surface area contributed by atoms with Gasteiger partial charge < -0.3 is 10.2 Å². The van der Waals surface area contributed by atoms with Crippen LogP contribution in [0.5, 0.6) is 0 Å². The Morgan fingerprint density at radius 1 is 1.20 bits per heavy atom. The van der Waals surface area contributed by atoms with Crippen molar-refractivity contribution in [3.63, 3.8) is 0 Å². The summed E-state index contributed by atoms with van der Waals surface area (Å²) < 4.78 is 0. The van der Waals surface area contributed by atoms with Crippen LogP contribution in [0.4, 0.5) is 5.82 Å². The number of hydrogen-bond donors (Lipinski definition) is 1. The summed E-state index contributed by atoms with van der Waals surface area (Å²) in [6.45, 7) is 4.44. The first kappa shape index (κ1) is 12.6. The number of pyridine rings is 1. The predicted octanol–water partition coefficient (Wildman–Crippen LogP) is 3.02. The summed E-state index contributed by atoms with van der Waals surface area (Å²) >= 11 is 0. The molecule has 0 amide bonds. The zero-order valence-electron chi connectivity index (χ0n) is 12.4. The molecular weight excluding hydrogens is 246 g/mol. The average Bonchev–Trinajstić information content (AvgIpc) is 3.24. The molecule has 0 aliphatic heterocycles. The Labute approximate surface area is 121 Å². The second-order valence-corrected chi connectivity index (χ2v) is 6.97. The van der Waals surface area contributed by atoms with Crippen LogP contribution in [0.2, 0.25) is 0 Å². The van der Waals surface area contributed by atoms with Gasteiger partial charge in [-0.1, -0.05) is 0 Å². The highest BCUT2D eigenvalue weighted by Crippen LogP contribution is 2.38. The molecule has 20 heavy (non-hydrogen) atoms. The van der Waals surface area contributed by atoms with E-state index in [1.807, 2.05) is 0 Å². The number of hydrogen-bond acceptors (Lipinski definition) is 3. The van der Waals surface area contributed by atoms with E-state index in [1.54, 1.807) is 0 Å². The fourth-order valence-electron chi connectivity index (χ4n) is 2.95. The molecule has 3 saturated carbocycles. The van der Waals surface area contributed by atoms with Gasteiger partial charge in [0, 0.05) is 31.4 Å². The summed E-state index contributed by atoms with van der Waals surface area (Å²) in [5.74, 6) is 2.18. The van der Waals surface area contributed by atoms with Crippen LogP contribution in [0, 0.1) is 12.8 Å². The van der Waals surface area contributed by atoms with Crippen molar-refractivity contribution in [2.75, 3.05) is 11.4 Å². The van der Waals surface area contributed by atoms with Crippen LogP contribution in [0.25, 0.3) is 0 Å². The van der Waals surface area contributed by atoms with Crippen LogP contribution < -0.4 is 10.2 Å². The van der Waals surface area contributed by atoms with Crippen molar-refractivity contribution in [1.29, 1.82) is 0 Å². The molecule has 0 radical (unpaired) electrons. The number of aromatic nitrogens is 1. The first-order valence-electron chi connectivity index (χ1n) is 8.25. The molecule has 0 saturated heterocycles. The topological polar surface area (TPSA) is 28.2 Å². The van der Waals surface area contributed by atoms with Gasteiger partial charge in [-0.2, -0.15) is 0 Å². The minimum atomic E-state index is 0.771. The molecule has 0 atom stereocenters. The molecule has 0 spiro atoms. The maximum Gasteiger partial charge on any atom is 0.131 e. The number of nitrogens with zero attached hydrogens (tertiary/aromatic N) is 2. The van der Waals surface area contributed by atoms with E-state index in [-0.39, 0.29) is 0 Å². The maximum atomic E-state index is 4.80. The van der Waals surface area contributed by atoms with Crippen molar-refractivity contribution in [3.8, 4) is 0 Å². The number of anilines is 1. The molecule has 3 heteroatoms. The Bertz CT molecular complexity index is 487. The molecule has 0 aromatic carbocycles. The molecule has 3 fully saturated rings. The minimum absolute atomic E-state index is 0.771. The second-order valence-electron chi connectivity index (χ2n) is 6.97. The molecule has 3 nitrogen and oxygen atoms in total. The summed E-state index contributed by atoms with van der Waals surface area (Å²) in [7, 11) is 0. The quantitative estimate of drug-likeness (QED) is 0.826. The molecule has 1 heterocycles. The second kappa shape index (κ2) is 5.03. The zero-order chi connectivity index (χ0) is 13.5. The fourth-order valence-corrected chi connectivity index (χ4v) is 2.95. The lowest BCUT2D eigenvalue weighted by molar-refractivity contribution is 0.681. The van der Waals surface area contributed by atoms with Crippen molar-refractivity contribution >= 4 is 5.82 Å².